The molecule has 0 N–H and O–H groups in total. The van der Waals surface area contributed by atoms with E-state index in [1.807, 2.05) is 64.1 Å². The number of hydrogen-bond acceptors (Lipinski definition) is 10. The third kappa shape index (κ3) is 26.5. The van der Waals surface area contributed by atoms with Crippen LogP contribution >= 0.6 is 46.0 Å². The maximum Gasteiger partial charge on any atom is 1.00 e. The molecule has 0 fully saturated rings. The average molecular weight is 1960 g/mol. The summed E-state index contributed by atoms with van der Waals surface area (Å²) in [6.45, 7) is 11.3. The largest absolute Gasteiger partial charge is 1.00 e. The first-order valence-electron chi connectivity index (χ1n) is 37.6. The molecule has 0 amide bonds. The second kappa shape index (κ2) is 48.8. The Morgan fingerprint density at radius 1 is 0.250 bits per heavy atom. The van der Waals surface area contributed by atoms with Crippen molar-refractivity contribution in [2.75, 3.05) is 26.4 Å². The molecule has 0 saturated carbocycles. The Kier molecular flexibility index (Phi) is 40.3. The molecule has 120 heavy (non-hydrogen) atoms. The summed E-state index contributed by atoms with van der Waals surface area (Å²) < 4.78 is 161. The molecule has 0 radical (unpaired) electrons. The molecule has 0 saturated heterocycles. The summed E-state index contributed by atoms with van der Waals surface area (Å²) in [4.78, 5) is 0. The summed E-state index contributed by atoms with van der Waals surface area (Å²) in [5.74, 6) is 0. The maximum absolute atomic E-state index is 16.6. The average Bonchev–Trinajstić information content (AvgIpc) is 0.736. The van der Waals surface area contributed by atoms with Crippen LogP contribution in [0.1, 0.15) is 27.7 Å². The summed E-state index contributed by atoms with van der Waals surface area (Å²) in [6.07, 6.45) is 0. The summed E-state index contributed by atoms with van der Waals surface area (Å²) in [6, 6.07) is 141. The number of rotatable bonds is 22. The summed E-state index contributed by atoms with van der Waals surface area (Å²) >= 11 is 0. The van der Waals surface area contributed by atoms with Gasteiger partial charge in [0.25, 0.3) is 0 Å². The molecule has 0 bridgehead atoms. The molecule has 0 heterocycles. The van der Waals surface area contributed by atoms with Crippen molar-refractivity contribution in [3.8, 4) is 0 Å². The third-order valence-electron chi connectivity index (χ3n) is 18.2. The molecule has 0 aliphatic rings. The third-order valence-corrected chi connectivity index (χ3v) is 37.7. The Balaban J connectivity index is 0.000000252. The summed E-state index contributed by atoms with van der Waals surface area (Å²) in [5.41, 5.74) is -11.3. The zero-order chi connectivity index (χ0) is 84.6. The van der Waals surface area contributed by atoms with E-state index in [1.54, 1.807) is 0 Å². The van der Waals surface area contributed by atoms with Crippen LogP contribution in [0.2, 0.25) is 0 Å². The van der Waals surface area contributed by atoms with Gasteiger partial charge in [-0.15, -0.1) is 0 Å². The molecule has 0 aliphatic heterocycles. The molecular formula is C94H90Ag2F6O10P6S2+4. The first kappa shape index (κ1) is 99.2. The number of halogens is 6. The van der Waals surface area contributed by atoms with E-state index >= 15 is 9.13 Å². The molecule has 0 aromatic heterocycles. The van der Waals surface area contributed by atoms with E-state index < -0.39 is 77.2 Å². The van der Waals surface area contributed by atoms with E-state index in [4.69, 9.17) is 35.4 Å². The molecule has 0 aliphatic carbocycles. The second-order valence-electron chi connectivity index (χ2n) is 25.7. The predicted molar refractivity (Wildman–Crippen MR) is 488 cm³/mol. The zero-order valence-electron chi connectivity index (χ0n) is 65.6. The smallest absolute Gasteiger partial charge is 0.741 e. The van der Waals surface area contributed by atoms with Crippen LogP contribution in [-0.2, 0) is 83.6 Å². The van der Waals surface area contributed by atoms with Crippen LogP contribution in [0.5, 0.6) is 0 Å². The van der Waals surface area contributed by atoms with E-state index in [1.165, 1.54) is 63.7 Å². The van der Waals surface area contributed by atoms with Gasteiger partial charge in [0.1, 0.15) is 63.7 Å². The fourth-order valence-corrected chi connectivity index (χ4v) is 32.4. The van der Waals surface area contributed by atoms with Gasteiger partial charge in [-0.3, -0.25) is 0 Å². The molecule has 10 nitrogen and oxygen atoms in total. The van der Waals surface area contributed by atoms with E-state index in [9.17, 15) is 26.3 Å². The molecule has 14 rings (SSSR count). The van der Waals surface area contributed by atoms with Crippen LogP contribution in [-0.4, -0.2) is 63.4 Å². The van der Waals surface area contributed by atoms with Gasteiger partial charge in [-0.2, -0.15) is 26.3 Å². The minimum absolute atomic E-state index is 0. The van der Waals surface area contributed by atoms with Gasteiger partial charge < -0.3 is 27.7 Å². The van der Waals surface area contributed by atoms with Crippen molar-refractivity contribution in [2.24, 2.45) is 0 Å². The van der Waals surface area contributed by atoms with Gasteiger partial charge >= 0.3 is 55.8 Å². The molecule has 0 unspecified atom stereocenters. The quantitative estimate of drug-likeness (QED) is 0.0209. The van der Waals surface area contributed by atoms with E-state index in [-0.39, 0.29) is 44.8 Å². The van der Waals surface area contributed by atoms with Crippen molar-refractivity contribution in [1.82, 2.24) is 0 Å². The van der Waals surface area contributed by atoms with Crippen LogP contribution in [0.25, 0.3) is 0 Å². The number of hydrogen-bond donors (Lipinski definition) is 0. The minimum atomic E-state index is -6.09. The molecule has 26 heteroatoms. The molecular weight excluding hydrogens is 1870 g/mol. The van der Waals surface area contributed by atoms with Crippen LogP contribution in [0, 0.1) is 0 Å². The second-order valence-corrected chi connectivity index (χ2v) is 43.7. The van der Waals surface area contributed by atoms with Crippen molar-refractivity contribution >= 4 is 162 Å². The molecule has 0 atom stereocenters. The molecule has 628 valence electrons. The minimum Gasteiger partial charge on any atom is -0.741 e. The Morgan fingerprint density at radius 3 is 0.500 bits per heavy atom. The first-order chi connectivity index (χ1) is 56.8. The number of benzene rings is 14. The van der Waals surface area contributed by atoms with E-state index in [0.717, 1.165) is 58.3 Å². The zero-order valence-corrected chi connectivity index (χ0v) is 76.0. The van der Waals surface area contributed by atoms with Crippen LogP contribution in [0.3, 0.4) is 0 Å². The number of ether oxygens (including phenoxy) is 2. The van der Waals surface area contributed by atoms with Crippen molar-refractivity contribution < 1.29 is 116 Å². The van der Waals surface area contributed by atoms with Crippen LogP contribution in [0.15, 0.2) is 400 Å². The Labute approximate surface area is 736 Å². The Morgan fingerprint density at radius 2 is 0.375 bits per heavy atom. The topological polar surface area (TPSA) is 167 Å². The Bertz CT molecular complexity index is 4940. The van der Waals surface area contributed by atoms with Crippen LogP contribution < -0.4 is 95.5 Å². The van der Waals surface area contributed by atoms with Gasteiger partial charge in [0.2, 0.25) is 0 Å². The summed E-state index contributed by atoms with van der Waals surface area (Å²) in [5, 5.41) is 20.3. The van der Waals surface area contributed by atoms with Crippen molar-refractivity contribution in [2.45, 2.75) is 38.7 Å². The summed E-state index contributed by atoms with van der Waals surface area (Å²) in [7, 11) is -25.0. The van der Waals surface area contributed by atoms with Gasteiger partial charge in [0.05, 0.1) is 52.9 Å². The Hall–Kier alpha value is -7.94. The normalized spacial score (nSPS) is 11.4. The van der Waals surface area contributed by atoms with Gasteiger partial charge in [0, 0.05) is 37.0 Å². The molecule has 0 spiro atoms. The monoisotopic (exact) mass is 1960 g/mol. The van der Waals surface area contributed by atoms with Gasteiger partial charge in [-0.05, 0) is 173 Å². The van der Waals surface area contributed by atoms with Crippen molar-refractivity contribution in [1.29, 1.82) is 0 Å². The van der Waals surface area contributed by atoms with Gasteiger partial charge in [-0.1, -0.05) is 255 Å². The van der Waals surface area contributed by atoms with Crippen molar-refractivity contribution in [3.63, 3.8) is 0 Å². The van der Waals surface area contributed by atoms with Gasteiger partial charge in [-0.25, -0.2) is 16.8 Å². The fraction of sp³-hybridized carbons (Fsp3) is 0.106. The van der Waals surface area contributed by atoms with E-state index in [2.05, 4.69) is 364 Å². The van der Waals surface area contributed by atoms with Gasteiger partial charge in [0.15, 0.2) is 34.5 Å². The predicted octanol–water partition coefficient (Wildman–Crippen LogP) is 14.8. The SMILES string of the molecule is CCOCC.CCOCC.O=P(c1ccccc1)(c1ccccc1[PH+](c1ccccc1)c1ccccc1)c1ccccc1[PH+](c1ccccc1)c1ccccc1.O=P(c1ccccc1)(c1ccccc1[PH+](c1ccccc1)c1ccccc1)c1ccccc1[PH+](c1ccccc1)c1ccccc1.O=S(=O)([O-])C(F)(F)F.O=S(=O)([O-])C(F)(F)F.[Ag+].[Ag+]. The first-order valence-corrected chi connectivity index (χ1v) is 49.9. The number of alkyl halides is 6. The molecule has 14 aromatic rings. The standard InChI is InChI=1S/2C42H33OP3.2C4H10O.2CHF3O3S.2Ag/c2*43-46(38-28-14-5-15-29-38,41-32-18-16-30-39(41)44(34-20-6-1-7-21-34)35-22-8-2-9-23-35)42-33-19-17-31-40(42)45(36-24-10-3-11-25-36)37-26-12-4-13-27-37;2*1-3-5-4-2;2*2-1(3,4)8(5,6)7;;/h2*1-33H;2*3-4H2,1-2H3;2*(H,5,6,7);;/q;;;;;;2*+1/p+2. The fourth-order valence-electron chi connectivity index (χ4n) is 13.1. The van der Waals surface area contributed by atoms with Crippen molar-refractivity contribution in [3.05, 3.63) is 400 Å². The maximum atomic E-state index is 16.6. The van der Waals surface area contributed by atoms with E-state index in [0.29, 0.717) is 0 Å². The van der Waals surface area contributed by atoms with Crippen LogP contribution in [0.4, 0.5) is 26.3 Å². The molecule has 14 aromatic carbocycles.